The van der Waals surface area contributed by atoms with Gasteiger partial charge >= 0.3 is 5.76 Å². The first kappa shape index (κ1) is 24.1. The number of allylic oxidation sites excluding steroid dienone is 1. The van der Waals surface area contributed by atoms with Crippen molar-refractivity contribution < 1.29 is 23.5 Å². The van der Waals surface area contributed by atoms with E-state index >= 15 is 0 Å². The molecule has 36 heavy (non-hydrogen) atoms. The van der Waals surface area contributed by atoms with E-state index in [0.717, 1.165) is 11.8 Å². The maximum atomic E-state index is 14.4. The molecule has 11 nitrogen and oxygen atoms in total. The summed E-state index contributed by atoms with van der Waals surface area (Å²) in [7, 11) is 1.75. The average Bonchev–Trinajstić information content (AvgIpc) is 3.23. The fourth-order valence-electron chi connectivity index (χ4n) is 3.57. The highest BCUT2D eigenvalue weighted by Gasteiger charge is 2.17. The van der Waals surface area contributed by atoms with Gasteiger partial charge in [-0.1, -0.05) is 18.2 Å². The number of carbonyl (C=O) groups excluding carboxylic acids is 1. The van der Waals surface area contributed by atoms with Crippen molar-refractivity contribution in [2.24, 2.45) is 0 Å². The van der Waals surface area contributed by atoms with Crippen molar-refractivity contribution in [3.05, 3.63) is 82.2 Å². The molecule has 5 rings (SSSR count). The number of amides is 1. The second kappa shape index (κ2) is 10.5. The van der Waals surface area contributed by atoms with Crippen LogP contribution in [-0.2, 0) is 11.2 Å². The van der Waals surface area contributed by atoms with E-state index in [1.54, 1.807) is 36.2 Å². The number of rotatable bonds is 4. The van der Waals surface area contributed by atoms with Crippen LogP contribution >= 0.6 is 0 Å². The first-order chi connectivity index (χ1) is 17.4. The van der Waals surface area contributed by atoms with E-state index in [4.69, 9.17) is 14.3 Å². The molecule has 0 aliphatic carbocycles. The first-order valence-corrected chi connectivity index (χ1v) is 10.7. The van der Waals surface area contributed by atoms with Gasteiger partial charge in [-0.2, -0.15) is 4.98 Å². The summed E-state index contributed by atoms with van der Waals surface area (Å²) < 4.78 is 19.3. The minimum Gasteiger partial charge on any atom is -0.483 e. The van der Waals surface area contributed by atoms with Crippen molar-refractivity contribution in [2.75, 3.05) is 24.2 Å². The molecule has 2 aromatic heterocycles. The van der Waals surface area contributed by atoms with Gasteiger partial charge in [-0.05, 0) is 42.3 Å². The molecule has 0 bridgehead atoms. The number of benzene rings is 2. The fourth-order valence-corrected chi connectivity index (χ4v) is 3.57. The van der Waals surface area contributed by atoms with Crippen LogP contribution in [-0.4, -0.2) is 50.9 Å². The zero-order valence-corrected chi connectivity index (χ0v) is 19.0. The third-order valence-corrected chi connectivity index (χ3v) is 5.25. The van der Waals surface area contributed by atoms with Crippen molar-refractivity contribution in [1.29, 1.82) is 0 Å². The van der Waals surface area contributed by atoms with Gasteiger partial charge in [-0.15, -0.1) is 0 Å². The molecule has 0 atom stereocenters. The summed E-state index contributed by atoms with van der Waals surface area (Å²) in [5, 5.41) is 12.8. The molecule has 1 aliphatic heterocycles. The van der Waals surface area contributed by atoms with Crippen LogP contribution in [0.3, 0.4) is 0 Å². The Kier molecular flexibility index (Phi) is 7.04. The summed E-state index contributed by atoms with van der Waals surface area (Å²) in [6, 6.07) is 10.3. The molecule has 0 fully saturated rings. The van der Waals surface area contributed by atoms with Crippen LogP contribution in [0.5, 0.6) is 0 Å². The number of oxazole rings is 1. The van der Waals surface area contributed by atoms with E-state index in [0.29, 0.717) is 41.0 Å². The van der Waals surface area contributed by atoms with Crippen LogP contribution in [0.25, 0.3) is 11.1 Å². The monoisotopic (exact) mass is 492 g/mol. The molecule has 1 amide bonds. The van der Waals surface area contributed by atoms with Gasteiger partial charge in [0.15, 0.2) is 17.2 Å². The molecule has 0 unspecified atom stereocenters. The highest BCUT2D eigenvalue weighted by molar-refractivity contribution is 5.97. The Morgan fingerprint density at radius 2 is 1.89 bits per heavy atom. The predicted octanol–water partition coefficient (Wildman–Crippen LogP) is 3.42. The number of H-pyrrole nitrogens is 1. The van der Waals surface area contributed by atoms with E-state index in [1.165, 1.54) is 0 Å². The average molecular weight is 492 g/mol. The van der Waals surface area contributed by atoms with Gasteiger partial charge in [0.1, 0.15) is 0 Å². The minimum atomic E-state index is -0.650. The van der Waals surface area contributed by atoms with E-state index in [2.05, 4.69) is 25.6 Å². The molecule has 2 aromatic carbocycles. The Balaban J connectivity index is 0.000000967. The summed E-state index contributed by atoms with van der Waals surface area (Å²) in [6.45, 7) is 0.296. The van der Waals surface area contributed by atoms with Gasteiger partial charge in [0.25, 0.3) is 12.4 Å². The number of aromatic nitrogens is 3. The highest BCUT2D eigenvalue weighted by atomic mass is 19.1. The molecule has 0 radical (unpaired) electrons. The van der Waals surface area contributed by atoms with E-state index in [9.17, 15) is 14.0 Å². The fraction of sp³-hybridized carbons (Fsp3) is 0.125. The lowest BCUT2D eigenvalue weighted by Crippen LogP contribution is -2.28. The van der Waals surface area contributed by atoms with Crippen molar-refractivity contribution in [1.82, 2.24) is 19.9 Å². The number of nitrogens with one attached hydrogen (secondary N) is 3. The number of aromatic amines is 1. The summed E-state index contributed by atoms with van der Waals surface area (Å²) in [6.07, 6.45) is 5.72. The zero-order chi connectivity index (χ0) is 25.7. The molecular weight excluding hydrogens is 471 g/mol. The SMILES string of the molecule is CN1CC=CCc2ccc(Nc3ncc(F)c(Nc4ccc5oc(=O)[nH]c5c4)n3)cc2C1=O.O=CO. The molecule has 4 N–H and O–H groups in total. The van der Waals surface area contributed by atoms with Crippen molar-refractivity contribution in [3.63, 3.8) is 0 Å². The molecule has 0 saturated carbocycles. The largest absolute Gasteiger partial charge is 0.483 e. The number of carbonyl (C=O) groups is 2. The molecule has 0 spiro atoms. The number of anilines is 4. The number of hydrogen-bond acceptors (Lipinski definition) is 8. The highest BCUT2D eigenvalue weighted by Crippen LogP contribution is 2.25. The third kappa shape index (κ3) is 5.38. The van der Waals surface area contributed by atoms with Crippen LogP contribution in [0.2, 0.25) is 0 Å². The summed E-state index contributed by atoms with van der Waals surface area (Å²) in [5.41, 5.74) is 3.49. The second-order valence-electron chi connectivity index (χ2n) is 7.70. The van der Waals surface area contributed by atoms with Crippen LogP contribution in [0.15, 0.2) is 64.0 Å². The Hall–Kier alpha value is -5.00. The van der Waals surface area contributed by atoms with Gasteiger partial charge in [-0.25, -0.2) is 14.2 Å². The third-order valence-electron chi connectivity index (χ3n) is 5.25. The number of halogens is 1. The lowest BCUT2D eigenvalue weighted by molar-refractivity contribution is -0.122. The minimum absolute atomic E-state index is 0.0510. The van der Waals surface area contributed by atoms with Crippen molar-refractivity contribution >= 4 is 46.6 Å². The van der Waals surface area contributed by atoms with Crippen molar-refractivity contribution in [3.8, 4) is 0 Å². The molecular formula is C24H21FN6O5. The summed E-state index contributed by atoms with van der Waals surface area (Å²) in [4.78, 5) is 44.8. The van der Waals surface area contributed by atoms with Crippen molar-refractivity contribution in [2.45, 2.75) is 6.42 Å². The Labute approximate surface area is 203 Å². The van der Waals surface area contributed by atoms with Gasteiger partial charge < -0.3 is 25.1 Å². The number of hydrogen-bond donors (Lipinski definition) is 4. The number of likely N-dealkylation sites (N-methyl/N-ethyl adjacent to an activating group) is 1. The van der Waals surface area contributed by atoms with Crippen LogP contribution in [0, 0.1) is 5.82 Å². The topological polar surface area (TPSA) is 153 Å². The molecule has 184 valence electrons. The quantitative estimate of drug-likeness (QED) is 0.248. The Morgan fingerprint density at radius 1 is 1.14 bits per heavy atom. The van der Waals surface area contributed by atoms with Crippen LogP contribution in [0.1, 0.15) is 15.9 Å². The van der Waals surface area contributed by atoms with Gasteiger partial charge in [0.2, 0.25) is 5.95 Å². The molecule has 3 heterocycles. The standard InChI is InChI=1S/C23H19FN6O3.CH2O2/c1-30-9-3-2-4-13-5-6-14(10-16(13)21(30)31)27-22-25-12-17(24)20(29-22)26-15-7-8-19-18(11-15)28-23(32)33-19;2-1-3/h2-3,5-8,10-12H,4,9H2,1H3,(H,28,32)(H2,25,26,27,29);1H,(H,2,3). The molecule has 1 aliphatic rings. The van der Waals surface area contributed by atoms with Gasteiger partial charge in [0.05, 0.1) is 11.7 Å². The number of fused-ring (bicyclic) bond motifs is 2. The maximum Gasteiger partial charge on any atom is 0.417 e. The van der Waals surface area contributed by atoms with E-state index in [-0.39, 0.29) is 24.1 Å². The van der Waals surface area contributed by atoms with Crippen LogP contribution < -0.4 is 16.4 Å². The maximum absolute atomic E-state index is 14.4. The second-order valence-corrected chi connectivity index (χ2v) is 7.70. The Morgan fingerprint density at radius 3 is 2.69 bits per heavy atom. The molecule has 12 heteroatoms. The van der Waals surface area contributed by atoms with Gasteiger partial charge in [-0.3, -0.25) is 14.6 Å². The van der Waals surface area contributed by atoms with Crippen LogP contribution in [0.4, 0.5) is 27.5 Å². The normalized spacial score (nSPS) is 12.7. The van der Waals surface area contributed by atoms with E-state index < -0.39 is 11.6 Å². The molecule has 0 saturated heterocycles. The number of nitrogens with zero attached hydrogens (tertiary/aromatic N) is 3. The molecule has 4 aromatic rings. The first-order valence-electron chi connectivity index (χ1n) is 10.7. The Bertz CT molecular complexity index is 1510. The van der Waals surface area contributed by atoms with E-state index in [1.807, 2.05) is 24.3 Å². The summed E-state index contributed by atoms with van der Waals surface area (Å²) in [5.74, 6) is -1.19. The lowest BCUT2D eigenvalue weighted by atomic mass is 10.0. The number of carboxylic acid groups (broad SMARTS) is 1. The smallest absolute Gasteiger partial charge is 0.417 e. The van der Waals surface area contributed by atoms with Gasteiger partial charge in [0, 0.05) is 30.5 Å². The summed E-state index contributed by atoms with van der Waals surface area (Å²) >= 11 is 0. The zero-order valence-electron chi connectivity index (χ0n) is 19.0. The predicted molar refractivity (Wildman–Crippen MR) is 130 cm³/mol. The lowest BCUT2D eigenvalue weighted by Gasteiger charge is -2.20.